The molecule has 21 heavy (non-hydrogen) atoms. The van der Waals surface area contributed by atoms with E-state index in [0.717, 1.165) is 31.0 Å². The monoisotopic (exact) mass is 287 g/mol. The minimum Gasteiger partial charge on any atom is -0.354 e. The highest BCUT2D eigenvalue weighted by Gasteiger charge is 2.29. The smallest absolute Gasteiger partial charge is 0.225 e. The summed E-state index contributed by atoms with van der Waals surface area (Å²) in [5.74, 6) is 1.13. The number of aromatic nitrogens is 3. The van der Waals surface area contributed by atoms with Gasteiger partial charge in [-0.1, -0.05) is 20.8 Å². The molecule has 1 amide bonds. The van der Waals surface area contributed by atoms with Gasteiger partial charge in [0.25, 0.3) is 0 Å². The van der Waals surface area contributed by atoms with Crippen molar-refractivity contribution in [2.75, 3.05) is 18.0 Å². The molecule has 112 valence electrons. The Morgan fingerprint density at radius 3 is 2.90 bits per heavy atom. The molecule has 2 aromatic heterocycles. The van der Waals surface area contributed by atoms with E-state index in [9.17, 15) is 4.79 Å². The lowest BCUT2D eigenvalue weighted by atomic mass is 9.95. The summed E-state index contributed by atoms with van der Waals surface area (Å²) in [4.78, 5) is 18.6. The average molecular weight is 287 g/mol. The topological polar surface area (TPSA) is 62.5 Å². The molecule has 0 bridgehead atoms. The maximum atomic E-state index is 12.1. The van der Waals surface area contributed by atoms with E-state index >= 15 is 0 Å². The van der Waals surface area contributed by atoms with E-state index in [1.165, 1.54) is 0 Å². The number of hydrogen-bond acceptors (Lipinski definition) is 4. The Balaban J connectivity index is 1.73. The summed E-state index contributed by atoms with van der Waals surface area (Å²) in [5, 5.41) is 7.45. The van der Waals surface area contributed by atoms with Crippen molar-refractivity contribution in [2.24, 2.45) is 5.41 Å². The predicted octanol–water partition coefficient (Wildman–Crippen LogP) is 1.47. The van der Waals surface area contributed by atoms with Gasteiger partial charge in [-0.25, -0.2) is 4.98 Å². The number of hydrogen-bond donors (Lipinski definition) is 1. The Bertz CT molecular complexity index is 657. The van der Waals surface area contributed by atoms with Crippen molar-refractivity contribution < 1.29 is 4.79 Å². The normalized spacial score (nSPS) is 19.2. The lowest BCUT2D eigenvalue weighted by Gasteiger charge is -2.22. The minimum absolute atomic E-state index is 0.105. The van der Waals surface area contributed by atoms with Crippen LogP contribution in [0.2, 0.25) is 0 Å². The van der Waals surface area contributed by atoms with Crippen molar-refractivity contribution >= 4 is 17.4 Å². The summed E-state index contributed by atoms with van der Waals surface area (Å²) in [7, 11) is 0. The van der Waals surface area contributed by atoms with E-state index in [-0.39, 0.29) is 17.4 Å². The predicted molar refractivity (Wildman–Crippen MR) is 81.2 cm³/mol. The highest BCUT2D eigenvalue weighted by Crippen LogP contribution is 2.21. The van der Waals surface area contributed by atoms with Crippen LogP contribution in [0.15, 0.2) is 24.5 Å². The number of rotatable bonds is 2. The van der Waals surface area contributed by atoms with E-state index in [2.05, 4.69) is 20.3 Å². The maximum Gasteiger partial charge on any atom is 0.225 e. The lowest BCUT2D eigenvalue weighted by molar-refractivity contribution is -0.129. The van der Waals surface area contributed by atoms with Crippen LogP contribution in [0.4, 0.5) is 5.82 Å². The average Bonchev–Trinajstić information content (AvgIpc) is 3.05. The van der Waals surface area contributed by atoms with Crippen molar-refractivity contribution in [1.29, 1.82) is 0 Å². The van der Waals surface area contributed by atoms with Crippen LogP contribution in [0.25, 0.3) is 5.65 Å². The van der Waals surface area contributed by atoms with E-state index < -0.39 is 0 Å². The molecule has 1 fully saturated rings. The Kier molecular flexibility index (Phi) is 3.31. The summed E-state index contributed by atoms with van der Waals surface area (Å²) < 4.78 is 1.84. The first-order valence-electron chi connectivity index (χ1n) is 7.30. The molecule has 1 atom stereocenters. The first-order valence-corrected chi connectivity index (χ1v) is 7.30. The molecule has 6 nitrogen and oxygen atoms in total. The number of carbonyl (C=O) groups is 1. The molecule has 2 aromatic rings. The number of anilines is 1. The van der Waals surface area contributed by atoms with Crippen molar-refractivity contribution in [3.05, 3.63) is 24.5 Å². The highest BCUT2D eigenvalue weighted by molar-refractivity contribution is 5.81. The molecule has 0 aromatic carbocycles. The molecule has 0 aliphatic carbocycles. The van der Waals surface area contributed by atoms with Gasteiger partial charge in [-0.15, -0.1) is 0 Å². The van der Waals surface area contributed by atoms with E-state index in [1.54, 1.807) is 12.4 Å². The second-order valence-electron chi connectivity index (χ2n) is 6.56. The zero-order chi connectivity index (χ0) is 15.0. The Labute approximate surface area is 124 Å². The second kappa shape index (κ2) is 5.02. The fourth-order valence-electron chi connectivity index (χ4n) is 2.55. The van der Waals surface area contributed by atoms with Crippen LogP contribution < -0.4 is 10.2 Å². The Hall–Kier alpha value is -2.11. The van der Waals surface area contributed by atoms with Gasteiger partial charge in [0.2, 0.25) is 5.91 Å². The fraction of sp³-hybridized carbons (Fsp3) is 0.533. The second-order valence-corrected chi connectivity index (χ2v) is 6.56. The Morgan fingerprint density at radius 2 is 2.14 bits per heavy atom. The standard InChI is InChI=1S/C15H21N5O/c1-15(2,3)14(21)18-11-6-9-19(10-11)13-5-7-16-12-4-8-17-20(12)13/h4-5,7-8,11H,6,9-10H2,1-3H3,(H,18,21). The lowest BCUT2D eigenvalue weighted by Crippen LogP contribution is -2.43. The molecule has 1 saturated heterocycles. The minimum atomic E-state index is -0.348. The third-order valence-electron chi connectivity index (χ3n) is 3.80. The fourth-order valence-corrected chi connectivity index (χ4v) is 2.55. The summed E-state index contributed by atoms with van der Waals surface area (Å²) in [6.45, 7) is 7.52. The van der Waals surface area contributed by atoms with Crippen molar-refractivity contribution in [2.45, 2.75) is 33.2 Å². The van der Waals surface area contributed by atoms with Crippen molar-refractivity contribution in [3.8, 4) is 0 Å². The van der Waals surface area contributed by atoms with Gasteiger partial charge >= 0.3 is 0 Å². The van der Waals surface area contributed by atoms with E-state index in [0.29, 0.717) is 0 Å². The molecule has 1 aliphatic heterocycles. The summed E-state index contributed by atoms with van der Waals surface area (Å²) in [5.41, 5.74) is 0.494. The molecule has 0 radical (unpaired) electrons. The number of fused-ring (bicyclic) bond motifs is 1. The van der Waals surface area contributed by atoms with E-state index in [4.69, 9.17) is 0 Å². The van der Waals surface area contributed by atoms with Crippen LogP contribution in [0.5, 0.6) is 0 Å². The van der Waals surface area contributed by atoms with Crippen molar-refractivity contribution in [3.63, 3.8) is 0 Å². The highest BCUT2D eigenvalue weighted by atomic mass is 16.2. The molecular weight excluding hydrogens is 266 g/mol. The van der Waals surface area contributed by atoms with Gasteiger partial charge in [0.15, 0.2) is 5.65 Å². The Morgan fingerprint density at radius 1 is 1.33 bits per heavy atom. The number of nitrogens with one attached hydrogen (secondary N) is 1. The van der Waals surface area contributed by atoms with Crippen molar-refractivity contribution in [1.82, 2.24) is 19.9 Å². The van der Waals surface area contributed by atoms with E-state index in [1.807, 2.05) is 37.4 Å². The van der Waals surface area contributed by atoms with Gasteiger partial charge in [0.05, 0.1) is 6.20 Å². The molecule has 6 heteroatoms. The summed E-state index contributed by atoms with van der Waals surface area (Å²) >= 11 is 0. The first-order chi connectivity index (χ1) is 9.95. The third kappa shape index (κ3) is 2.70. The van der Waals surface area contributed by atoms with Gasteiger partial charge < -0.3 is 10.2 Å². The number of amides is 1. The number of carbonyl (C=O) groups excluding carboxylic acids is 1. The molecule has 1 N–H and O–H groups in total. The zero-order valence-electron chi connectivity index (χ0n) is 12.7. The van der Waals surface area contributed by atoms with Crippen LogP contribution in [0.1, 0.15) is 27.2 Å². The molecule has 1 unspecified atom stereocenters. The van der Waals surface area contributed by atoms with Gasteiger partial charge in [0, 0.05) is 36.8 Å². The quantitative estimate of drug-likeness (QED) is 0.908. The molecule has 0 saturated carbocycles. The summed E-state index contributed by atoms with van der Waals surface area (Å²) in [6.07, 6.45) is 4.50. The largest absolute Gasteiger partial charge is 0.354 e. The maximum absolute atomic E-state index is 12.1. The van der Waals surface area contributed by atoms with Crippen LogP contribution >= 0.6 is 0 Å². The van der Waals surface area contributed by atoms with Crippen LogP contribution in [-0.2, 0) is 4.79 Å². The van der Waals surface area contributed by atoms with Gasteiger partial charge in [-0.3, -0.25) is 4.79 Å². The van der Waals surface area contributed by atoms with Gasteiger partial charge in [-0.2, -0.15) is 9.61 Å². The molecule has 0 spiro atoms. The third-order valence-corrected chi connectivity index (χ3v) is 3.80. The van der Waals surface area contributed by atoms with Crippen LogP contribution in [0, 0.1) is 5.41 Å². The SMILES string of the molecule is CC(C)(C)C(=O)NC1CCN(c2ccnc3ccnn23)C1. The van der Waals surface area contributed by atoms with Crippen LogP contribution in [-0.4, -0.2) is 39.6 Å². The van der Waals surface area contributed by atoms with Gasteiger partial charge in [-0.05, 0) is 12.5 Å². The first kappa shape index (κ1) is 13.9. The number of nitrogens with zero attached hydrogens (tertiary/aromatic N) is 4. The molecule has 1 aliphatic rings. The zero-order valence-corrected chi connectivity index (χ0v) is 12.7. The van der Waals surface area contributed by atoms with Gasteiger partial charge in [0.1, 0.15) is 5.82 Å². The van der Waals surface area contributed by atoms with Crippen LogP contribution in [0.3, 0.4) is 0 Å². The summed E-state index contributed by atoms with van der Waals surface area (Å²) in [6, 6.07) is 4.04. The molecule has 3 heterocycles. The molecule has 3 rings (SSSR count). The molecular formula is C15H21N5O.